The fourth-order valence-electron chi connectivity index (χ4n) is 2.40. The lowest BCUT2D eigenvalue weighted by atomic mass is 10.0. The molecule has 0 fully saturated rings. The third-order valence-corrected chi connectivity index (χ3v) is 4.62. The molecule has 0 saturated carbocycles. The molecular weight excluding hydrogens is 298 g/mol. The molecule has 1 N–H and O–H groups in total. The summed E-state index contributed by atoms with van der Waals surface area (Å²) < 4.78 is 5.53. The van der Waals surface area contributed by atoms with Crippen molar-refractivity contribution in [2.45, 2.75) is 33.1 Å². The lowest BCUT2D eigenvalue weighted by molar-refractivity contribution is 0.466. The Bertz CT molecular complexity index is 879. The Labute approximate surface area is 132 Å². The first-order valence-electron chi connectivity index (χ1n) is 7.30. The van der Waals surface area contributed by atoms with Gasteiger partial charge in [-0.15, -0.1) is 11.3 Å². The fourth-order valence-corrected chi connectivity index (χ4v) is 3.20. The minimum atomic E-state index is -0.103. The van der Waals surface area contributed by atoms with Gasteiger partial charge >= 0.3 is 0 Å². The van der Waals surface area contributed by atoms with E-state index in [-0.39, 0.29) is 11.2 Å². The maximum absolute atomic E-state index is 12.7. The molecule has 1 aromatic carbocycles. The number of thiazole rings is 1. The molecule has 0 amide bonds. The molecular formula is C17H17NO3S. The Kier molecular flexibility index (Phi) is 3.98. The summed E-state index contributed by atoms with van der Waals surface area (Å²) in [7, 11) is 0. The van der Waals surface area contributed by atoms with Crippen LogP contribution in [0.3, 0.4) is 0 Å². The van der Waals surface area contributed by atoms with Gasteiger partial charge in [0.15, 0.2) is 0 Å². The van der Waals surface area contributed by atoms with Gasteiger partial charge in [-0.3, -0.25) is 4.79 Å². The number of phenolic OH excluding ortho intramolecular Hbond substituents is 1. The minimum Gasteiger partial charge on any atom is -0.508 e. The highest BCUT2D eigenvalue weighted by Crippen LogP contribution is 2.28. The molecule has 0 bridgehead atoms. The summed E-state index contributed by atoms with van der Waals surface area (Å²) in [5, 5.41) is 13.1. The SMILES string of the molecule is CCCCc1cc2c(=O)c(-c3nc(C)cs3)coc2cc1O. The number of aryl methyl sites for hydroxylation is 2. The van der Waals surface area contributed by atoms with Crippen molar-refractivity contribution in [3.63, 3.8) is 0 Å². The molecule has 0 unspecified atom stereocenters. The third kappa shape index (κ3) is 2.64. The highest BCUT2D eigenvalue weighted by molar-refractivity contribution is 7.13. The second kappa shape index (κ2) is 5.93. The second-order valence-corrected chi connectivity index (χ2v) is 6.21. The Morgan fingerprint density at radius 2 is 2.18 bits per heavy atom. The zero-order valence-electron chi connectivity index (χ0n) is 12.5. The van der Waals surface area contributed by atoms with Crippen molar-refractivity contribution < 1.29 is 9.52 Å². The van der Waals surface area contributed by atoms with E-state index in [9.17, 15) is 9.90 Å². The number of nitrogens with zero attached hydrogens (tertiary/aromatic N) is 1. The van der Waals surface area contributed by atoms with Crippen molar-refractivity contribution in [1.82, 2.24) is 4.98 Å². The molecule has 22 heavy (non-hydrogen) atoms. The van der Waals surface area contributed by atoms with Crippen LogP contribution in [-0.2, 0) is 6.42 Å². The number of benzene rings is 1. The van der Waals surface area contributed by atoms with E-state index in [0.29, 0.717) is 21.5 Å². The molecule has 0 radical (unpaired) electrons. The predicted octanol–water partition coefficient (Wildman–Crippen LogP) is 4.27. The van der Waals surface area contributed by atoms with Crippen molar-refractivity contribution in [3.05, 3.63) is 45.3 Å². The first-order valence-corrected chi connectivity index (χ1v) is 8.18. The van der Waals surface area contributed by atoms with Crippen LogP contribution < -0.4 is 5.43 Å². The van der Waals surface area contributed by atoms with Crippen LogP contribution in [0.2, 0.25) is 0 Å². The van der Waals surface area contributed by atoms with E-state index in [1.807, 2.05) is 12.3 Å². The number of aromatic nitrogens is 1. The maximum Gasteiger partial charge on any atom is 0.202 e. The second-order valence-electron chi connectivity index (χ2n) is 5.35. The number of hydrogen-bond acceptors (Lipinski definition) is 5. The van der Waals surface area contributed by atoms with Crippen LogP contribution in [0.25, 0.3) is 21.5 Å². The van der Waals surface area contributed by atoms with Crippen LogP contribution in [0, 0.1) is 6.92 Å². The quantitative estimate of drug-likeness (QED) is 0.781. The van der Waals surface area contributed by atoms with Crippen LogP contribution in [0.15, 0.2) is 33.0 Å². The molecule has 0 atom stereocenters. The van der Waals surface area contributed by atoms with E-state index in [2.05, 4.69) is 11.9 Å². The normalized spacial score (nSPS) is 11.2. The lowest BCUT2D eigenvalue weighted by Gasteiger charge is -2.06. The van der Waals surface area contributed by atoms with Crippen LogP contribution in [-0.4, -0.2) is 10.1 Å². The van der Waals surface area contributed by atoms with Gasteiger partial charge in [0.1, 0.15) is 22.6 Å². The van der Waals surface area contributed by atoms with Crippen LogP contribution in [0.1, 0.15) is 31.0 Å². The largest absolute Gasteiger partial charge is 0.508 e. The number of rotatable bonds is 4. The van der Waals surface area contributed by atoms with Crippen LogP contribution >= 0.6 is 11.3 Å². The molecule has 0 aliphatic heterocycles. The number of hydrogen-bond donors (Lipinski definition) is 1. The van der Waals surface area contributed by atoms with E-state index in [1.54, 1.807) is 6.07 Å². The van der Waals surface area contributed by atoms with Crippen molar-refractivity contribution in [1.29, 1.82) is 0 Å². The Morgan fingerprint density at radius 3 is 2.86 bits per heavy atom. The Hall–Kier alpha value is -2.14. The van der Waals surface area contributed by atoms with Gasteiger partial charge in [-0.1, -0.05) is 13.3 Å². The topological polar surface area (TPSA) is 63.3 Å². The van der Waals surface area contributed by atoms with Gasteiger partial charge in [0.05, 0.1) is 10.9 Å². The summed E-state index contributed by atoms with van der Waals surface area (Å²) in [5.41, 5.74) is 2.44. The van der Waals surface area contributed by atoms with Crippen LogP contribution in [0.5, 0.6) is 5.75 Å². The van der Waals surface area contributed by atoms with Gasteiger partial charge in [-0.05, 0) is 31.4 Å². The molecule has 2 aromatic heterocycles. The molecule has 3 aromatic rings. The monoisotopic (exact) mass is 315 g/mol. The third-order valence-electron chi connectivity index (χ3n) is 3.62. The van der Waals surface area contributed by atoms with E-state index in [0.717, 1.165) is 30.5 Å². The zero-order chi connectivity index (χ0) is 15.7. The maximum atomic E-state index is 12.7. The number of phenols is 1. The molecule has 0 saturated heterocycles. The van der Waals surface area contributed by atoms with Gasteiger partial charge in [-0.2, -0.15) is 0 Å². The standard InChI is InChI=1S/C17H17NO3S/c1-3-4-5-11-6-12-15(7-14(11)19)21-8-13(16(12)20)17-18-10(2)9-22-17/h6-9,19H,3-5H2,1-2H3. The van der Waals surface area contributed by atoms with Crippen molar-refractivity contribution in [2.75, 3.05) is 0 Å². The first kappa shape index (κ1) is 14.8. The molecule has 3 rings (SSSR count). The van der Waals surface area contributed by atoms with E-state index in [1.165, 1.54) is 23.7 Å². The van der Waals surface area contributed by atoms with Gasteiger partial charge in [0.25, 0.3) is 0 Å². The van der Waals surface area contributed by atoms with Gasteiger partial charge in [-0.25, -0.2) is 4.98 Å². The predicted molar refractivity (Wildman–Crippen MR) is 88.6 cm³/mol. The summed E-state index contributed by atoms with van der Waals surface area (Å²) in [6.45, 7) is 3.99. The van der Waals surface area contributed by atoms with Gasteiger partial charge in [0, 0.05) is 17.1 Å². The molecule has 0 spiro atoms. The zero-order valence-corrected chi connectivity index (χ0v) is 13.4. The number of unbranched alkanes of at least 4 members (excludes halogenated alkanes) is 1. The summed E-state index contributed by atoms with van der Waals surface area (Å²) in [6.07, 6.45) is 4.17. The van der Waals surface area contributed by atoms with E-state index >= 15 is 0 Å². The first-order chi connectivity index (χ1) is 10.6. The average molecular weight is 315 g/mol. The van der Waals surface area contributed by atoms with Crippen molar-refractivity contribution >= 4 is 22.3 Å². The smallest absolute Gasteiger partial charge is 0.202 e. The van der Waals surface area contributed by atoms with Crippen LogP contribution in [0.4, 0.5) is 0 Å². The molecule has 114 valence electrons. The Morgan fingerprint density at radius 1 is 1.36 bits per heavy atom. The van der Waals surface area contributed by atoms with E-state index < -0.39 is 0 Å². The summed E-state index contributed by atoms with van der Waals surface area (Å²) in [6, 6.07) is 3.27. The van der Waals surface area contributed by atoms with Gasteiger partial charge < -0.3 is 9.52 Å². The van der Waals surface area contributed by atoms with Gasteiger partial charge in [0.2, 0.25) is 5.43 Å². The molecule has 2 heterocycles. The fraction of sp³-hybridized carbons (Fsp3) is 0.294. The number of fused-ring (bicyclic) bond motifs is 1. The molecule has 4 nitrogen and oxygen atoms in total. The highest BCUT2D eigenvalue weighted by atomic mass is 32.1. The summed E-state index contributed by atoms with van der Waals surface area (Å²) in [4.78, 5) is 17.0. The van der Waals surface area contributed by atoms with E-state index in [4.69, 9.17) is 4.42 Å². The molecule has 0 aliphatic rings. The Balaban J connectivity index is 2.17. The highest BCUT2D eigenvalue weighted by Gasteiger charge is 2.14. The molecule has 0 aliphatic carbocycles. The summed E-state index contributed by atoms with van der Waals surface area (Å²) in [5.74, 6) is 0.182. The minimum absolute atomic E-state index is 0.103. The lowest BCUT2D eigenvalue weighted by Crippen LogP contribution is -2.05. The number of aromatic hydroxyl groups is 1. The molecule has 5 heteroatoms. The van der Waals surface area contributed by atoms with Crippen molar-refractivity contribution in [3.8, 4) is 16.3 Å². The van der Waals surface area contributed by atoms with Crippen molar-refractivity contribution in [2.24, 2.45) is 0 Å². The average Bonchev–Trinajstić information content (AvgIpc) is 2.92. The summed E-state index contributed by atoms with van der Waals surface area (Å²) >= 11 is 1.43.